The number of aliphatic carboxylic acids is 1. The third kappa shape index (κ3) is 9.40. The summed E-state index contributed by atoms with van der Waals surface area (Å²) < 4.78 is 0. The first-order chi connectivity index (χ1) is 8.13. The summed E-state index contributed by atoms with van der Waals surface area (Å²) in [6.07, 6.45) is 0.813. The van der Waals surface area contributed by atoms with Gasteiger partial charge in [0.05, 0.1) is 0 Å². The molecule has 2 unspecified atom stereocenters. The second-order valence-electron chi connectivity index (χ2n) is 4.00. The average molecular weight is 260 g/mol. The van der Waals surface area contributed by atoms with Gasteiger partial charge in [-0.25, -0.2) is 0 Å². The summed E-state index contributed by atoms with van der Waals surface area (Å²) >= 11 is 0. The van der Waals surface area contributed by atoms with Crippen molar-refractivity contribution in [3.05, 3.63) is 0 Å². The normalized spacial score (nSPS) is 12.5. The third-order valence-corrected chi connectivity index (χ3v) is 2.20. The fourth-order valence-corrected chi connectivity index (χ4v) is 0.720. The number of carboxylic acids is 1. The van der Waals surface area contributed by atoms with Gasteiger partial charge in [0.15, 0.2) is 5.96 Å². The van der Waals surface area contributed by atoms with Gasteiger partial charge in [0, 0.05) is 14.1 Å². The van der Waals surface area contributed by atoms with Gasteiger partial charge in [-0.2, -0.15) is 4.99 Å². The molecule has 0 bridgehead atoms. The first-order valence-corrected chi connectivity index (χ1v) is 5.47. The molecule has 8 nitrogen and oxygen atoms in total. The highest BCUT2D eigenvalue weighted by Gasteiger charge is 2.17. The summed E-state index contributed by atoms with van der Waals surface area (Å²) in [4.78, 5) is 15.1. The molecule has 0 aliphatic carbocycles. The smallest absolute Gasteiger partial charge is 0.320 e. The van der Waals surface area contributed by atoms with Crippen LogP contribution in [0.15, 0.2) is 4.99 Å². The third-order valence-electron chi connectivity index (χ3n) is 2.20. The highest BCUT2D eigenvalue weighted by molar-refractivity contribution is 5.91. The van der Waals surface area contributed by atoms with E-state index in [1.807, 2.05) is 13.8 Å². The van der Waals surface area contributed by atoms with Crippen LogP contribution in [-0.4, -0.2) is 48.0 Å². The quantitative estimate of drug-likeness (QED) is 0.330. The molecule has 0 heterocycles. The number of rotatable bonds is 3. The summed E-state index contributed by atoms with van der Waals surface area (Å²) in [5.74, 6) is -0.879. The van der Waals surface area contributed by atoms with Crippen molar-refractivity contribution in [3.63, 3.8) is 0 Å². The van der Waals surface area contributed by atoms with Gasteiger partial charge in [0.2, 0.25) is 5.96 Å². The minimum atomic E-state index is -0.913. The minimum absolute atomic E-state index is 0.0509. The predicted molar refractivity (Wildman–Crippen MR) is 72.3 cm³/mol. The van der Waals surface area contributed by atoms with Crippen molar-refractivity contribution in [1.82, 2.24) is 4.90 Å². The molecule has 8 N–H and O–H groups in total. The molecular formula is C10H24N6O2. The number of carboxylic acid groups (broad SMARTS) is 1. The number of hydrogen-bond acceptors (Lipinski definition) is 3. The molecule has 0 aliphatic rings. The lowest BCUT2D eigenvalue weighted by molar-refractivity contribution is -0.139. The number of carbonyl (C=O) groups is 1. The van der Waals surface area contributed by atoms with Crippen LogP contribution >= 0.6 is 0 Å². The van der Waals surface area contributed by atoms with E-state index in [1.54, 1.807) is 14.1 Å². The summed E-state index contributed by atoms with van der Waals surface area (Å²) in [7, 11) is 3.38. The molecule has 0 aromatic carbocycles. The van der Waals surface area contributed by atoms with Gasteiger partial charge in [-0.3, -0.25) is 10.2 Å². The van der Waals surface area contributed by atoms with Gasteiger partial charge < -0.3 is 27.2 Å². The Hall–Kier alpha value is -1.83. The van der Waals surface area contributed by atoms with Gasteiger partial charge in [-0.05, 0) is 5.92 Å². The van der Waals surface area contributed by atoms with E-state index in [0.29, 0.717) is 0 Å². The van der Waals surface area contributed by atoms with E-state index in [4.69, 9.17) is 27.7 Å². The second-order valence-corrected chi connectivity index (χ2v) is 4.00. The Morgan fingerprint density at radius 3 is 2.00 bits per heavy atom. The van der Waals surface area contributed by atoms with Gasteiger partial charge in [0.25, 0.3) is 0 Å². The summed E-state index contributed by atoms with van der Waals surface area (Å²) in [6, 6.07) is -0.699. The molecule has 0 saturated heterocycles. The molecular weight excluding hydrogens is 236 g/mol. The van der Waals surface area contributed by atoms with Crippen LogP contribution in [0.1, 0.15) is 20.3 Å². The van der Waals surface area contributed by atoms with Crippen LogP contribution in [0.2, 0.25) is 0 Å². The molecule has 0 spiro atoms. The Labute approximate surface area is 107 Å². The number of nitrogens with one attached hydrogen (secondary N) is 1. The average Bonchev–Trinajstić information content (AvgIpc) is 2.26. The van der Waals surface area contributed by atoms with Crippen LogP contribution in [0, 0.1) is 11.3 Å². The molecule has 18 heavy (non-hydrogen) atoms. The van der Waals surface area contributed by atoms with Gasteiger partial charge in [-0.1, -0.05) is 20.3 Å². The Bertz CT molecular complexity index is 299. The maximum atomic E-state index is 10.2. The summed E-state index contributed by atoms with van der Waals surface area (Å²) in [5.41, 5.74) is 15.3. The van der Waals surface area contributed by atoms with Crippen LogP contribution < -0.4 is 17.2 Å². The molecule has 2 atom stereocenters. The largest absolute Gasteiger partial charge is 0.480 e. The first-order valence-electron chi connectivity index (χ1n) is 5.47. The second kappa shape index (κ2) is 9.23. The van der Waals surface area contributed by atoms with Crippen molar-refractivity contribution in [2.45, 2.75) is 26.3 Å². The lowest BCUT2D eigenvalue weighted by atomic mass is 10.0. The SMILES string of the molecule is CCC(C)C(N)C(=O)O.CN(C)C(=N)N=C(N)N. The van der Waals surface area contributed by atoms with Crippen LogP contribution in [0.5, 0.6) is 0 Å². The predicted octanol–water partition coefficient (Wildman–Crippen LogP) is -0.799. The van der Waals surface area contributed by atoms with Gasteiger partial charge >= 0.3 is 5.97 Å². The van der Waals surface area contributed by atoms with E-state index in [2.05, 4.69) is 4.99 Å². The molecule has 0 radical (unpaired) electrons. The zero-order valence-corrected chi connectivity index (χ0v) is 11.3. The maximum Gasteiger partial charge on any atom is 0.320 e. The minimum Gasteiger partial charge on any atom is -0.480 e. The van der Waals surface area contributed by atoms with Crippen molar-refractivity contribution in [2.24, 2.45) is 28.1 Å². The highest BCUT2D eigenvalue weighted by Crippen LogP contribution is 2.04. The number of nitrogens with two attached hydrogens (primary N) is 3. The molecule has 0 amide bonds. The van der Waals surface area contributed by atoms with Crippen molar-refractivity contribution < 1.29 is 9.90 Å². The lowest BCUT2D eigenvalue weighted by Crippen LogP contribution is -2.36. The topological polar surface area (TPSA) is 155 Å². The molecule has 0 fully saturated rings. The van der Waals surface area contributed by atoms with E-state index < -0.39 is 12.0 Å². The standard InChI is InChI=1S/C6H13NO2.C4H11N5/c1-3-4(2)5(7)6(8)9;1-9(2)4(7)8-3(5)6/h4-5H,3,7H2,1-2H3,(H,8,9);1-2H3,(H5,5,6,7,8). The molecule has 0 aromatic heterocycles. The van der Waals surface area contributed by atoms with E-state index in [0.717, 1.165) is 6.42 Å². The van der Waals surface area contributed by atoms with E-state index >= 15 is 0 Å². The molecule has 8 heteroatoms. The van der Waals surface area contributed by atoms with Gasteiger partial charge in [-0.15, -0.1) is 0 Å². The van der Waals surface area contributed by atoms with Gasteiger partial charge in [0.1, 0.15) is 6.04 Å². The molecule has 106 valence electrons. The van der Waals surface area contributed by atoms with E-state index in [-0.39, 0.29) is 17.8 Å². The van der Waals surface area contributed by atoms with Crippen LogP contribution in [-0.2, 0) is 4.79 Å². The molecule has 0 aliphatic heterocycles. The Morgan fingerprint density at radius 2 is 1.89 bits per heavy atom. The zero-order valence-electron chi connectivity index (χ0n) is 11.3. The molecule has 0 aromatic rings. The van der Waals surface area contributed by atoms with Crippen LogP contribution in [0.4, 0.5) is 0 Å². The maximum absolute atomic E-state index is 10.2. The van der Waals surface area contributed by atoms with E-state index in [9.17, 15) is 4.79 Å². The van der Waals surface area contributed by atoms with Crippen LogP contribution in [0.25, 0.3) is 0 Å². The summed E-state index contributed by atoms with van der Waals surface area (Å²) in [5, 5.41) is 15.4. The highest BCUT2D eigenvalue weighted by atomic mass is 16.4. The number of nitrogens with zero attached hydrogens (tertiary/aromatic N) is 2. The van der Waals surface area contributed by atoms with E-state index in [1.165, 1.54) is 4.90 Å². The molecule has 0 saturated carbocycles. The van der Waals surface area contributed by atoms with Crippen molar-refractivity contribution >= 4 is 17.9 Å². The van der Waals surface area contributed by atoms with Crippen molar-refractivity contribution in [2.75, 3.05) is 14.1 Å². The number of guanidine groups is 2. The number of aliphatic imine (C=N–C) groups is 1. The fourth-order valence-electron chi connectivity index (χ4n) is 0.720. The number of hydrogen-bond donors (Lipinski definition) is 5. The lowest BCUT2D eigenvalue weighted by Gasteiger charge is -2.11. The van der Waals surface area contributed by atoms with Crippen LogP contribution in [0.3, 0.4) is 0 Å². The first kappa shape index (κ1) is 18.5. The molecule has 0 rings (SSSR count). The van der Waals surface area contributed by atoms with Crippen molar-refractivity contribution in [1.29, 1.82) is 5.41 Å². The van der Waals surface area contributed by atoms with Crippen molar-refractivity contribution in [3.8, 4) is 0 Å². The fraction of sp³-hybridized carbons (Fsp3) is 0.700. The zero-order chi connectivity index (χ0) is 14.9. The Balaban J connectivity index is 0. The Morgan fingerprint density at radius 1 is 1.44 bits per heavy atom. The summed E-state index contributed by atoms with van der Waals surface area (Å²) in [6.45, 7) is 3.76. The monoisotopic (exact) mass is 260 g/mol. The Kier molecular flexibility index (Phi) is 9.50.